The lowest BCUT2D eigenvalue weighted by molar-refractivity contribution is -0.155. The van der Waals surface area contributed by atoms with E-state index in [2.05, 4.69) is 20.9 Å². The molecule has 2 aromatic rings. The minimum atomic E-state index is -1.00. The maximum atomic E-state index is 13.1. The molecule has 0 saturated heterocycles. The molecule has 2 amide bonds. The number of carbonyl (C=O) groups excluding carboxylic acids is 7. The molecule has 0 unspecified atom stereocenters. The van der Waals surface area contributed by atoms with Gasteiger partial charge in [0, 0.05) is 31.1 Å². The Morgan fingerprint density at radius 3 is 2.13 bits per heavy atom. The standard InChI is InChI=1S/C33H44N4O9S/c1-19(13-24(40)16-34-32-35-17-25(18-38)47-32)30(44)36-21(3)28(42)14-20(2)31(45)37-26(15-22-7-9-23(39)10-8-22)27(41)11-12-29(43)46-33(4,5)6/h7-10,17-21,26,39H,11-16H2,1-6H3,(H,34,35)(H,36,44)(H,37,45)/t19-,20-,21+,26+/m1/s1. The summed E-state index contributed by atoms with van der Waals surface area (Å²) in [7, 11) is 0. The normalized spacial score (nSPS) is 13.7. The molecular formula is C33H44N4O9S. The highest BCUT2D eigenvalue weighted by Gasteiger charge is 2.28. The lowest BCUT2D eigenvalue weighted by Crippen LogP contribution is -2.46. The lowest BCUT2D eigenvalue weighted by atomic mass is 9.96. The molecule has 256 valence electrons. The van der Waals surface area contributed by atoms with Gasteiger partial charge in [0.2, 0.25) is 11.8 Å². The van der Waals surface area contributed by atoms with Crippen LogP contribution in [0.25, 0.3) is 0 Å². The minimum absolute atomic E-state index is 0.0405. The summed E-state index contributed by atoms with van der Waals surface area (Å²) in [6.45, 7) is 9.64. The number of anilines is 1. The monoisotopic (exact) mass is 672 g/mol. The van der Waals surface area contributed by atoms with Crippen molar-refractivity contribution < 1.29 is 43.4 Å². The summed E-state index contributed by atoms with van der Waals surface area (Å²) < 4.78 is 5.27. The summed E-state index contributed by atoms with van der Waals surface area (Å²) in [4.78, 5) is 91.5. The fraction of sp³-hybridized carbons (Fsp3) is 0.515. The molecule has 1 aromatic carbocycles. The highest BCUT2D eigenvalue weighted by atomic mass is 32.1. The number of hydrogen-bond donors (Lipinski definition) is 4. The first kappa shape index (κ1) is 38.7. The number of Topliss-reactive ketones (excluding diaryl/α,β-unsaturated/α-hetero) is 3. The number of nitrogens with zero attached hydrogens (tertiary/aromatic N) is 1. The van der Waals surface area contributed by atoms with Gasteiger partial charge in [0.25, 0.3) is 0 Å². The van der Waals surface area contributed by atoms with Crippen LogP contribution in [-0.4, -0.2) is 75.7 Å². The van der Waals surface area contributed by atoms with E-state index < -0.39 is 58.9 Å². The number of rotatable bonds is 19. The molecule has 4 N–H and O–H groups in total. The second-order valence-corrected chi connectivity index (χ2v) is 13.5. The summed E-state index contributed by atoms with van der Waals surface area (Å²) in [6.07, 6.45) is 1.49. The Labute approximate surface area is 278 Å². The van der Waals surface area contributed by atoms with Crippen LogP contribution in [0.4, 0.5) is 5.13 Å². The van der Waals surface area contributed by atoms with E-state index in [0.717, 1.165) is 11.3 Å². The predicted octanol–water partition coefficient (Wildman–Crippen LogP) is 3.19. The molecular weight excluding hydrogens is 628 g/mol. The fourth-order valence-electron chi connectivity index (χ4n) is 4.33. The molecule has 0 radical (unpaired) electrons. The van der Waals surface area contributed by atoms with Crippen LogP contribution in [0.5, 0.6) is 5.75 Å². The minimum Gasteiger partial charge on any atom is -0.508 e. The number of benzene rings is 1. The van der Waals surface area contributed by atoms with E-state index in [0.29, 0.717) is 21.9 Å². The van der Waals surface area contributed by atoms with E-state index in [1.807, 2.05) is 0 Å². The van der Waals surface area contributed by atoms with Gasteiger partial charge in [-0.2, -0.15) is 0 Å². The van der Waals surface area contributed by atoms with Gasteiger partial charge in [0.05, 0.1) is 36.1 Å². The van der Waals surface area contributed by atoms with E-state index in [-0.39, 0.29) is 50.2 Å². The molecule has 0 fully saturated rings. The number of amides is 2. The number of thiazole rings is 1. The van der Waals surface area contributed by atoms with Gasteiger partial charge in [0.1, 0.15) is 11.4 Å². The Balaban J connectivity index is 1.91. The Morgan fingerprint density at radius 1 is 0.915 bits per heavy atom. The molecule has 1 heterocycles. The molecule has 14 heteroatoms. The largest absolute Gasteiger partial charge is 0.508 e. The van der Waals surface area contributed by atoms with Gasteiger partial charge in [-0.1, -0.05) is 37.3 Å². The van der Waals surface area contributed by atoms with Crippen LogP contribution in [0, 0.1) is 11.8 Å². The zero-order valence-corrected chi connectivity index (χ0v) is 28.4. The number of phenolic OH excluding ortho intramolecular Hbond substituents is 1. The molecule has 0 aliphatic carbocycles. The third-order valence-electron chi connectivity index (χ3n) is 6.93. The van der Waals surface area contributed by atoms with Gasteiger partial charge in [-0.15, -0.1) is 0 Å². The Hall–Kier alpha value is -4.46. The van der Waals surface area contributed by atoms with E-state index >= 15 is 0 Å². The van der Waals surface area contributed by atoms with Crippen molar-refractivity contribution in [3.05, 3.63) is 40.9 Å². The van der Waals surface area contributed by atoms with Crippen molar-refractivity contribution in [1.82, 2.24) is 15.6 Å². The average Bonchev–Trinajstić information content (AvgIpc) is 3.46. The van der Waals surface area contributed by atoms with Crippen LogP contribution in [0.1, 0.15) is 82.5 Å². The van der Waals surface area contributed by atoms with Crippen molar-refractivity contribution in [2.75, 3.05) is 11.9 Å². The fourth-order valence-corrected chi connectivity index (χ4v) is 4.96. The number of esters is 1. The molecule has 0 spiro atoms. The van der Waals surface area contributed by atoms with Crippen LogP contribution in [0.15, 0.2) is 30.5 Å². The van der Waals surface area contributed by atoms with Gasteiger partial charge in [-0.3, -0.25) is 33.6 Å². The lowest BCUT2D eigenvalue weighted by Gasteiger charge is -2.22. The summed E-state index contributed by atoms with van der Waals surface area (Å²) in [6, 6.07) is 4.20. The van der Waals surface area contributed by atoms with E-state index in [4.69, 9.17) is 4.74 Å². The highest BCUT2D eigenvalue weighted by Crippen LogP contribution is 2.17. The van der Waals surface area contributed by atoms with Crippen LogP contribution in [-0.2, 0) is 39.9 Å². The summed E-state index contributed by atoms with van der Waals surface area (Å²) in [5.41, 5.74) is -0.0466. The smallest absolute Gasteiger partial charge is 0.306 e. The summed E-state index contributed by atoms with van der Waals surface area (Å²) in [5, 5.41) is 18.1. The first-order chi connectivity index (χ1) is 22.0. The van der Waals surface area contributed by atoms with Crippen LogP contribution in [0.2, 0.25) is 0 Å². The zero-order valence-electron chi connectivity index (χ0n) is 27.6. The van der Waals surface area contributed by atoms with Crippen molar-refractivity contribution >= 4 is 57.9 Å². The van der Waals surface area contributed by atoms with E-state index in [9.17, 15) is 38.7 Å². The molecule has 2 rings (SSSR count). The van der Waals surface area contributed by atoms with Crippen molar-refractivity contribution in [1.29, 1.82) is 0 Å². The van der Waals surface area contributed by atoms with Gasteiger partial charge in [0.15, 0.2) is 28.8 Å². The Bertz CT molecular complexity index is 1430. The van der Waals surface area contributed by atoms with Crippen LogP contribution >= 0.6 is 11.3 Å². The Kier molecular flexibility index (Phi) is 14.9. The number of hydrogen-bond acceptors (Lipinski definition) is 12. The second-order valence-electron chi connectivity index (χ2n) is 12.5. The summed E-state index contributed by atoms with van der Waals surface area (Å²) in [5.74, 6) is -4.21. The average molecular weight is 673 g/mol. The molecule has 4 atom stereocenters. The van der Waals surface area contributed by atoms with Crippen LogP contribution < -0.4 is 16.0 Å². The third-order valence-corrected chi connectivity index (χ3v) is 7.81. The zero-order chi connectivity index (χ0) is 35.3. The highest BCUT2D eigenvalue weighted by molar-refractivity contribution is 7.17. The first-order valence-electron chi connectivity index (χ1n) is 15.3. The van der Waals surface area contributed by atoms with Gasteiger partial charge >= 0.3 is 5.97 Å². The molecule has 0 aliphatic heterocycles. The second kappa shape index (κ2) is 18.0. The maximum Gasteiger partial charge on any atom is 0.306 e. The number of ketones is 3. The number of ether oxygens (including phenoxy) is 1. The van der Waals surface area contributed by atoms with Crippen LogP contribution in [0.3, 0.4) is 0 Å². The number of nitrogens with one attached hydrogen (secondary N) is 3. The SMILES string of the molecule is C[C@H](CC(=O)CNc1ncc(C=O)s1)C(=O)N[C@@H](C)C(=O)C[C@@H](C)C(=O)N[C@@H](Cc1ccc(O)cc1)C(=O)CCC(=O)OC(C)(C)C. The number of carbonyl (C=O) groups is 7. The third kappa shape index (κ3) is 14.2. The van der Waals surface area contributed by atoms with Crippen molar-refractivity contribution in [3.63, 3.8) is 0 Å². The number of aromatic nitrogens is 1. The topological polar surface area (TPSA) is 198 Å². The van der Waals surface area contributed by atoms with Crippen molar-refractivity contribution in [2.45, 2.75) is 91.3 Å². The van der Waals surface area contributed by atoms with Gasteiger partial charge < -0.3 is 25.8 Å². The molecule has 0 bridgehead atoms. The molecule has 47 heavy (non-hydrogen) atoms. The van der Waals surface area contributed by atoms with Gasteiger partial charge in [-0.25, -0.2) is 4.98 Å². The maximum absolute atomic E-state index is 13.1. The van der Waals surface area contributed by atoms with E-state index in [1.54, 1.807) is 39.8 Å². The number of aromatic hydroxyl groups is 1. The predicted molar refractivity (Wildman–Crippen MR) is 175 cm³/mol. The molecule has 0 saturated carbocycles. The molecule has 1 aromatic heterocycles. The number of phenols is 1. The summed E-state index contributed by atoms with van der Waals surface area (Å²) >= 11 is 1.10. The van der Waals surface area contributed by atoms with Crippen molar-refractivity contribution in [2.24, 2.45) is 11.8 Å². The molecule has 13 nitrogen and oxygen atoms in total. The first-order valence-corrected chi connectivity index (χ1v) is 16.1. The van der Waals surface area contributed by atoms with E-state index in [1.165, 1.54) is 32.2 Å². The quantitative estimate of drug-likeness (QED) is 0.126. The van der Waals surface area contributed by atoms with Gasteiger partial charge in [-0.05, 0) is 51.8 Å². The number of aldehydes is 1. The van der Waals surface area contributed by atoms with Crippen molar-refractivity contribution in [3.8, 4) is 5.75 Å². The Morgan fingerprint density at radius 2 is 1.53 bits per heavy atom. The molecule has 0 aliphatic rings.